The number of pyridine rings is 1. The molecule has 3 aliphatic heterocycles. The smallest absolute Gasteiger partial charge is 0.244 e. The second kappa shape index (κ2) is 12.0. The maximum atomic E-state index is 13.3. The predicted octanol–water partition coefficient (Wildman–Crippen LogP) is 0.160. The number of fused-ring (bicyclic) bond motifs is 1. The highest BCUT2D eigenvalue weighted by atomic mass is 32.2. The van der Waals surface area contributed by atoms with Crippen LogP contribution in [0, 0.1) is 0 Å². The van der Waals surface area contributed by atoms with Crippen molar-refractivity contribution in [1.29, 1.82) is 0 Å². The van der Waals surface area contributed by atoms with Gasteiger partial charge >= 0.3 is 0 Å². The molecule has 1 aromatic carbocycles. The van der Waals surface area contributed by atoms with Gasteiger partial charge in [0.05, 0.1) is 23.6 Å². The summed E-state index contributed by atoms with van der Waals surface area (Å²) in [4.78, 5) is 6.48. The molecule has 41 heavy (non-hydrogen) atoms. The molecule has 15 heteroatoms. The average Bonchev–Trinajstić information content (AvgIpc) is 3.37. The lowest BCUT2D eigenvalue weighted by molar-refractivity contribution is -0.0312. The highest BCUT2D eigenvalue weighted by Gasteiger charge is 2.45. The van der Waals surface area contributed by atoms with E-state index in [9.17, 15) is 21.9 Å². The third kappa shape index (κ3) is 6.61. The van der Waals surface area contributed by atoms with Gasteiger partial charge in [0.2, 0.25) is 20.0 Å². The van der Waals surface area contributed by atoms with Crippen molar-refractivity contribution in [2.24, 2.45) is 0 Å². The third-order valence-corrected chi connectivity index (χ3v) is 11.1. The minimum Gasteiger partial charge on any atom is -0.491 e. The lowest BCUT2D eigenvalue weighted by Gasteiger charge is -2.38. The summed E-state index contributed by atoms with van der Waals surface area (Å²) in [5, 5.41) is 13.7. The molecule has 0 aliphatic carbocycles. The first-order valence-electron chi connectivity index (χ1n) is 13.6. The Kier molecular flexibility index (Phi) is 8.76. The minimum absolute atomic E-state index is 0.0101. The van der Waals surface area contributed by atoms with Gasteiger partial charge in [0.25, 0.3) is 0 Å². The van der Waals surface area contributed by atoms with Crippen LogP contribution in [0.2, 0.25) is 0 Å². The molecule has 0 radical (unpaired) electrons. The number of nitrogens with one attached hydrogen (secondary N) is 2. The molecule has 3 N–H and O–H groups in total. The Morgan fingerprint density at radius 1 is 1.17 bits per heavy atom. The molecule has 2 saturated heterocycles. The van der Waals surface area contributed by atoms with Crippen LogP contribution in [0.1, 0.15) is 19.3 Å². The first kappa shape index (κ1) is 29.9. The topological polar surface area (TPSA) is 160 Å². The van der Waals surface area contributed by atoms with E-state index in [-0.39, 0.29) is 29.0 Å². The number of rotatable bonds is 10. The van der Waals surface area contributed by atoms with Crippen LogP contribution in [-0.2, 0) is 24.8 Å². The number of hydrogen-bond donors (Lipinski definition) is 3. The number of sulfonamides is 2. The Morgan fingerprint density at radius 2 is 1.95 bits per heavy atom. The van der Waals surface area contributed by atoms with Crippen LogP contribution in [0.25, 0.3) is 0 Å². The zero-order valence-electron chi connectivity index (χ0n) is 23.2. The standard InChI is InChI=1S/C26H37N5O8S2/c1-27-40(33,34)22-5-3-4-21(12-22)38-18-20(32)15-28-19-14-26(39-17-19)6-8-31(9-7-26)41(35,36)23-13-24-25(29-16-23)30(2)10-11-37-24/h3-5,12-13,16,19-20,27-28,32H,6-11,14-15,17-18H2,1-2H3. The number of aromatic nitrogens is 1. The monoisotopic (exact) mass is 611 g/mol. The van der Waals surface area contributed by atoms with E-state index in [1.165, 1.54) is 29.7 Å². The zero-order chi connectivity index (χ0) is 29.3. The summed E-state index contributed by atoms with van der Waals surface area (Å²) in [7, 11) is -4.08. The van der Waals surface area contributed by atoms with Gasteiger partial charge in [0, 0.05) is 51.1 Å². The molecule has 4 heterocycles. The number of anilines is 1. The Morgan fingerprint density at radius 3 is 2.71 bits per heavy atom. The van der Waals surface area contributed by atoms with E-state index >= 15 is 0 Å². The summed E-state index contributed by atoms with van der Waals surface area (Å²) in [6.07, 6.45) is 2.42. The Balaban J connectivity index is 1.09. The van der Waals surface area contributed by atoms with E-state index < -0.39 is 31.8 Å². The van der Waals surface area contributed by atoms with Crippen LogP contribution in [0.4, 0.5) is 5.82 Å². The largest absolute Gasteiger partial charge is 0.491 e. The zero-order valence-corrected chi connectivity index (χ0v) is 24.8. The van der Waals surface area contributed by atoms with Crippen molar-refractivity contribution in [2.45, 2.75) is 46.8 Å². The van der Waals surface area contributed by atoms with Crippen molar-refractivity contribution in [3.63, 3.8) is 0 Å². The number of nitrogens with zero attached hydrogens (tertiary/aromatic N) is 3. The molecule has 1 aromatic heterocycles. The molecule has 0 bridgehead atoms. The van der Waals surface area contributed by atoms with Crippen molar-refractivity contribution in [3.8, 4) is 11.5 Å². The number of ether oxygens (including phenoxy) is 3. The van der Waals surface area contributed by atoms with Gasteiger partial charge in [0.15, 0.2) is 11.6 Å². The van der Waals surface area contributed by atoms with E-state index in [4.69, 9.17) is 14.2 Å². The third-order valence-electron chi connectivity index (χ3n) is 7.80. The van der Waals surface area contributed by atoms with Crippen LogP contribution in [0.15, 0.2) is 46.3 Å². The molecule has 5 rings (SSSR count). The SMILES string of the molecule is CNS(=O)(=O)c1cccc(OCC(O)CNC2COC3(CCN(S(=O)(=O)c4cnc5c(c4)OCCN5C)CC3)C2)c1. The molecule has 0 amide bonds. The first-order valence-corrected chi connectivity index (χ1v) is 16.5. The molecule has 1 spiro atoms. The number of piperidine rings is 1. The Bertz CT molecular complexity index is 1450. The minimum atomic E-state index is -3.72. The molecule has 3 aliphatic rings. The van der Waals surface area contributed by atoms with E-state index in [0.717, 1.165) is 0 Å². The molecular formula is C26H37N5O8S2. The maximum Gasteiger partial charge on any atom is 0.244 e. The lowest BCUT2D eigenvalue weighted by atomic mass is 9.88. The molecule has 2 atom stereocenters. The van der Waals surface area contributed by atoms with Crippen LogP contribution >= 0.6 is 0 Å². The second-order valence-electron chi connectivity index (χ2n) is 10.6. The number of hydrogen-bond acceptors (Lipinski definition) is 11. The van der Waals surface area contributed by atoms with Gasteiger partial charge in [-0.1, -0.05) is 6.07 Å². The highest BCUT2D eigenvalue weighted by molar-refractivity contribution is 7.89. The quantitative estimate of drug-likeness (QED) is 0.336. The fourth-order valence-electron chi connectivity index (χ4n) is 5.36. The van der Waals surface area contributed by atoms with Crippen LogP contribution in [-0.4, -0.2) is 109 Å². The first-order chi connectivity index (χ1) is 19.5. The van der Waals surface area contributed by atoms with Crippen molar-refractivity contribution in [3.05, 3.63) is 36.5 Å². The van der Waals surface area contributed by atoms with Crippen molar-refractivity contribution < 1.29 is 36.2 Å². The summed E-state index contributed by atoms with van der Waals surface area (Å²) < 4.78 is 71.8. The summed E-state index contributed by atoms with van der Waals surface area (Å²) >= 11 is 0. The Labute approximate surface area is 240 Å². The van der Waals surface area contributed by atoms with Gasteiger partial charge in [-0.05, 0) is 38.4 Å². The normalized spacial score (nSPS) is 21.8. The van der Waals surface area contributed by atoms with Gasteiger partial charge in [0.1, 0.15) is 30.0 Å². The number of aliphatic hydroxyl groups is 1. The molecule has 2 aromatic rings. The molecule has 2 unspecified atom stereocenters. The van der Waals surface area contributed by atoms with E-state index in [1.54, 1.807) is 18.2 Å². The summed E-state index contributed by atoms with van der Waals surface area (Å²) in [5.74, 6) is 1.46. The van der Waals surface area contributed by atoms with E-state index in [1.807, 2.05) is 11.9 Å². The van der Waals surface area contributed by atoms with Crippen LogP contribution in [0.3, 0.4) is 0 Å². The van der Waals surface area contributed by atoms with E-state index in [2.05, 4.69) is 15.0 Å². The molecule has 13 nitrogen and oxygen atoms in total. The summed E-state index contributed by atoms with van der Waals surface area (Å²) in [6, 6.07) is 7.64. The van der Waals surface area contributed by atoms with Crippen molar-refractivity contribution in [2.75, 3.05) is 65.0 Å². The van der Waals surface area contributed by atoms with Crippen molar-refractivity contribution in [1.82, 2.24) is 19.3 Å². The highest BCUT2D eigenvalue weighted by Crippen LogP contribution is 2.38. The average molecular weight is 612 g/mol. The second-order valence-corrected chi connectivity index (χ2v) is 14.4. The van der Waals surface area contributed by atoms with Gasteiger partial charge in [-0.2, -0.15) is 4.31 Å². The molecule has 226 valence electrons. The molecule has 2 fully saturated rings. The van der Waals surface area contributed by atoms with Gasteiger partial charge in [-0.3, -0.25) is 0 Å². The van der Waals surface area contributed by atoms with Crippen molar-refractivity contribution >= 4 is 25.9 Å². The summed E-state index contributed by atoms with van der Waals surface area (Å²) in [6.45, 7) is 2.57. The van der Waals surface area contributed by atoms with Gasteiger partial charge in [-0.15, -0.1) is 0 Å². The Hall–Kier alpha value is -2.53. The van der Waals surface area contributed by atoms with Gasteiger partial charge < -0.3 is 29.5 Å². The fourth-order valence-corrected chi connectivity index (χ4v) is 7.53. The maximum absolute atomic E-state index is 13.3. The van der Waals surface area contributed by atoms with Crippen LogP contribution < -0.4 is 24.4 Å². The fraction of sp³-hybridized carbons (Fsp3) is 0.577. The van der Waals surface area contributed by atoms with Gasteiger partial charge in [-0.25, -0.2) is 26.5 Å². The van der Waals surface area contributed by atoms with E-state index in [0.29, 0.717) is 69.4 Å². The lowest BCUT2D eigenvalue weighted by Crippen LogP contribution is -2.47. The summed E-state index contributed by atoms with van der Waals surface area (Å²) in [5.41, 5.74) is -0.412. The number of benzene rings is 1. The number of likely N-dealkylation sites (N-methyl/N-ethyl adjacent to an activating group) is 1. The van der Waals surface area contributed by atoms with Crippen LogP contribution in [0.5, 0.6) is 11.5 Å². The number of aliphatic hydroxyl groups excluding tert-OH is 1. The predicted molar refractivity (Wildman–Crippen MR) is 150 cm³/mol. The molecular weight excluding hydrogens is 574 g/mol. The molecule has 0 saturated carbocycles.